The molecule has 0 radical (unpaired) electrons. The molecule has 0 heterocycles. The van der Waals surface area contributed by atoms with Gasteiger partial charge in [0.15, 0.2) is 0 Å². The number of carbonyl (C=O) groups excluding carboxylic acids is 1. The van der Waals surface area contributed by atoms with Crippen molar-refractivity contribution in [3.63, 3.8) is 0 Å². The summed E-state index contributed by atoms with van der Waals surface area (Å²) < 4.78 is 0. The molecule has 0 aliphatic heterocycles. The highest BCUT2D eigenvalue weighted by Crippen LogP contribution is 2.15. The Bertz CT molecular complexity index is 131. The average molecular weight is 146 g/mol. The molecule has 3 heteroatoms. The van der Waals surface area contributed by atoms with Crippen molar-refractivity contribution in [2.45, 2.75) is 28.2 Å². The minimum absolute atomic E-state index is 0. The van der Waals surface area contributed by atoms with Crippen LogP contribution >= 0.6 is 0 Å². The Morgan fingerprint density at radius 1 is 1.30 bits per heavy atom. The first-order valence-electron chi connectivity index (χ1n) is 2.63. The molecule has 0 aromatic rings. The van der Waals surface area contributed by atoms with Crippen molar-refractivity contribution in [2.24, 2.45) is 5.41 Å². The maximum Gasteiger partial charge on any atom is 0.316 e. The largest absolute Gasteiger partial charge is 0.481 e. The zero-order chi connectivity index (χ0) is 7.65. The highest BCUT2D eigenvalue weighted by atomic mass is 16.4. The van der Waals surface area contributed by atoms with E-state index in [2.05, 4.69) is 0 Å². The van der Waals surface area contributed by atoms with Crippen LogP contribution in [0.5, 0.6) is 0 Å². The maximum absolute atomic E-state index is 10.5. The number of ketones is 1. The van der Waals surface area contributed by atoms with E-state index in [0.29, 0.717) is 0 Å². The molecule has 3 nitrogen and oxygen atoms in total. The number of rotatable bonds is 2. The van der Waals surface area contributed by atoms with Crippen LogP contribution in [0.3, 0.4) is 0 Å². The second-order valence-corrected chi connectivity index (χ2v) is 2.49. The van der Waals surface area contributed by atoms with Crippen molar-refractivity contribution in [2.75, 3.05) is 0 Å². The Labute approximate surface area is 61.1 Å². The van der Waals surface area contributed by atoms with Gasteiger partial charge in [0.25, 0.3) is 0 Å². The van der Waals surface area contributed by atoms with E-state index in [9.17, 15) is 9.59 Å². The summed E-state index contributed by atoms with van der Waals surface area (Å²) in [5.41, 5.74) is -1.22. The molecule has 0 aromatic carbocycles. The van der Waals surface area contributed by atoms with Crippen molar-refractivity contribution in [3.05, 3.63) is 0 Å². The number of aliphatic carboxylic acids is 1. The van der Waals surface area contributed by atoms with E-state index in [1.54, 1.807) is 0 Å². The monoisotopic (exact) mass is 146 g/mol. The van der Waals surface area contributed by atoms with E-state index in [-0.39, 0.29) is 13.2 Å². The summed E-state index contributed by atoms with van der Waals surface area (Å²) in [6.45, 7) is 4.05. The Hall–Kier alpha value is -0.860. The first-order chi connectivity index (χ1) is 3.89. The first-order valence-corrected chi connectivity index (χ1v) is 2.63. The molecule has 0 saturated carbocycles. The van der Waals surface area contributed by atoms with Crippen LogP contribution in [0, 0.1) is 5.41 Å². The number of Topliss-reactive ketones (excluding diaryl/α,β-unsaturated/α-hetero) is 1. The number of carbonyl (C=O) groups is 2. The second kappa shape index (κ2) is 3.34. The minimum atomic E-state index is -1.22. The lowest BCUT2D eigenvalue weighted by Crippen LogP contribution is -2.30. The van der Waals surface area contributed by atoms with Crippen LogP contribution in [-0.2, 0) is 9.59 Å². The van der Waals surface area contributed by atoms with Crippen molar-refractivity contribution in [3.8, 4) is 0 Å². The Kier molecular flexibility index (Phi) is 3.97. The van der Waals surface area contributed by atoms with Crippen molar-refractivity contribution in [1.29, 1.82) is 0 Å². The first kappa shape index (κ1) is 11.9. The minimum Gasteiger partial charge on any atom is -0.481 e. The molecule has 0 fully saturated rings. The number of hydrogen-bond donors (Lipinski definition) is 1. The quantitative estimate of drug-likeness (QED) is 0.598. The summed E-state index contributed by atoms with van der Waals surface area (Å²) >= 11 is 0. The number of carboxylic acid groups (broad SMARTS) is 1. The standard InChI is InChI=1S/C6H10O3.CH4/c1-4(7)6(2,3)5(8)9;/h1-3H3,(H,8,9);1H4. The highest BCUT2D eigenvalue weighted by Gasteiger charge is 2.32. The van der Waals surface area contributed by atoms with Crippen LogP contribution in [0.2, 0.25) is 0 Å². The number of carboxylic acids is 1. The van der Waals surface area contributed by atoms with E-state index in [4.69, 9.17) is 5.11 Å². The lowest BCUT2D eigenvalue weighted by Gasteiger charge is -2.13. The SMILES string of the molecule is C.CC(=O)C(C)(C)C(=O)O. The van der Waals surface area contributed by atoms with Gasteiger partial charge in [-0.1, -0.05) is 7.43 Å². The van der Waals surface area contributed by atoms with Crippen molar-refractivity contribution < 1.29 is 14.7 Å². The molecule has 60 valence electrons. The molecule has 0 rings (SSSR count). The summed E-state index contributed by atoms with van der Waals surface area (Å²) in [7, 11) is 0. The Morgan fingerprint density at radius 2 is 1.60 bits per heavy atom. The summed E-state index contributed by atoms with van der Waals surface area (Å²) in [6.07, 6.45) is 0. The molecular weight excluding hydrogens is 132 g/mol. The van der Waals surface area contributed by atoms with Gasteiger partial charge in [-0.05, 0) is 20.8 Å². The van der Waals surface area contributed by atoms with E-state index < -0.39 is 11.4 Å². The third-order valence-electron chi connectivity index (χ3n) is 1.41. The van der Waals surface area contributed by atoms with E-state index in [1.165, 1.54) is 20.8 Å². The van der Waals surface area contributed by atoms with Gasteiger partial charge in [0.2, 0.25) is 0 Å². The summed E-state index contributed by atoms with van der Waals surface area (Å²) in [5, 5.41) is 8.39. The van der Waals surface area contributed by atoms with Gasteiger partial charge in [0, 0.05) is 0 Å². The third-order valence-corrected chi connectivity index (χ3v) is 1.41. The second-order valence-electron chi connectivity index (χ2n) is 2.49. The molecular formula is C7H14O3. The van der Waals surface area contributed by atoms with Crippen LogP contribution in [0.1, 0.15) is 28.2 Å². The van der Waals surface area contributed by atoms with Crippen molar-refractivity contribution >= 4 is 11.8 Å². The predicted octanol–water partition coefficient (Wildman–Crippen LogP) is 1.32. The fraction of sp³-hybridized carbons (Fsp3) is 0.714. The molecule has 0 atom stereocenters. The van der Waals surface area contributed by atoms with Gasteiger partial charge >= 0.3 is 5.97 Å². The zero-order valence-electron chi connectivity index (χ0n) is 5.76. The topological polar surface area (TPSA) is 54.4 Å². The third kappa shape index (κ3) is 2.17. The van der Waals surface area contributed by atoms with Gasteiger partial charge in [0.05, 0.1) is 0 Å². The van der Waals surface area contributed by atoms with Crippen LogP contribution in [0.4, 0.5) is 0 Å². The number of hydrogen-bond acceptors (Lipinski definition) is 2. The van der Waals surface area contributed by atoms with E-state index in [0.717, 1.165) is 0 Å². The molecule has 0 spiro atoms. The summed E-state index contributed by atoms with van der Waals surface area (Å²) in [5.74, 6) is -1.40. The molecule has 0 aliphatic rings. The fourth-order valence-electron chi connectivity index (χ4n) is 0.151. The van der Waals surface area contributed by atoms with Gasteiger partial charge in [-0.2, -0.15) is 0 Å². The molecule has 0 saturated heterocycles. The normalized spacial score (nSPS) is 9.90. The zero-order valence-corrected chi connectivity index (χ0v) is 5.76. The van der Waals surface area contributed by atoms with Gasteiger partial charge in [-0.15, -0.1) is 0 Å². The molecule has 0 aromatic heterocycles. The van der Waals surface area contributed by atoms with E-state index in [1.807, 2.05) is 0 Å². The van der Waals surface area contributed by atoms with Crippen LogP contribution in [0.25, 0.3) is 0 Å². The van der Waals surface area contributed by atoms with Gasteiger partial charge < -0.3 is 5.11 Å². The van der Waals surface area contributed by atoms with Crippen LogP contribution in [0.15, 0.2) is 0 Å². The van der Waals surface area contributed by atoms with Crippen LogP contribution < -0.4 is 0 Å². The lowest BCUT2D eigenvalue weighted by molar-refractivity contribution is -0.151. The molecule has 0 unspecified atom stereocenters. The molecule has 1 N–H and O–H groups in total. The maximum atomic E-state index is 10.5. The molecule has 0 aliphatic carbocycles. The molecule has 10 heavy (non-hydrogen) atoms. The highest BCUT2D eigenvalue weighted by molar-refractivity contribution is 6.00. The summed E-state index contributed by atoms with van der Waals surface area (Å²) in [6, 6.07) is 0. The van der Waals surface area contributed by atoms with Gasteiger partial charge in [-0.25, -0.2) is 0 Å². The predicted molar refractivity (Wildman–Crippen MR) is 38.8 cm³/mol. The smallest absolute Gasteiger partial charge is 0.316 e. The molecule has 0 bridgehead atoms. The summed E-state index contributed by atoms with van der Waals surface area (Å²) in [4.78, 5) is 20.8. The fourth-order valence-corrected chi connectivity index (χ4v) is 0.151. The van der Waals surface area contributed by atoms with E-state index >= 15 is 0 Å². The average Bonchev–Trinajstić information content (AvgIpc) is 1.65. The van der Waals surface area contributed by atoms with Crippen molar-refractivity contribution in [1.82, 2.24) is 0 Å². The molecule has 0 amide bonds. The van der Waals surface area contributed by atoms with Crippen LogP contribution in [-0.4, -0.2) is 16.9 Å². The van der Waals surface area contributed by atoms with Gasteiger partial charge in [0.1, 0.15) is 11.2 Å². The lowest BCUT2D eigenvalue weighted by atomic mass is 9.89. The Balaban J connectivity index is 0. The van der Waals surface area contributed by atoms with Gasteiger partial charge in [-0.3, -0.25) is 9.59 Å². The Morgan fingerprint density at radius 3 is 1.60 bits per heavy atom.